The molecule has 0 saturated carbocycles. The Morgan fingerprint density at radius 2 is 2.38 bits per heavy atom. The molecule has 0 aromatic carbocycles. The third-order valence-electron chi connectivity index (χ3n) is 1.83. The highest BCUT2D eigenvalue weighted by Gasteiger charge is 1.99. The standard InChI is InChI=1S/C9H16N4/c1-2-8-9(6-11-7-13-8)12-5-3-4-10/h6-7,12H,2-5,10H2,1H3. The Labute approximate surface area is 78.6 Å². The molecule has 0 unspecified atom stereocenters. The quantitative estimate of drug-likeness (QED) is 0.658. The Balaban J connectivity index is 2.54. The fourth-order valence-corrected chi connectivity index (χ4v) is 1.11. The minimum atomic E-state index is 0.710. The molecule has 1 heterocycles. The second-order valence-corrected chi connectivity index (χ2v) is 2.81. The Bertz CT molecular complexity index is 249. The van der Waals surface area contributed by atoms with Gasteiger partial charge in [-0.1, -0.05) is 6.92 Å². The first-order valence-electron chi connectivity index (χ1n) is 4.61. The smallest absolute Gasteiger partial charge is 0.115 e. The van der Waals surface area contributed by atoms with Crippen LogP contribution in [-0.2, 0) is 6.42 Å². The van der Waals surface area contributed by atoms with Crippen molar-refractivity contribution in [2.24, 2.45) is 5.73 Å². The summed E-state index contributed by atoms with van der Waals surface area (Å²) in [6, 6.07) is 0. The van der Waals surface area contributed by atoms with E-state index in [-0.39, 0.29) is 0 Å². The first-order chi connectivity index (χ1) is 6.38. The van der Waals surface area contributed by atoms with Gasteiger partial charge in [0.2, 0.25) is 0 Å². The lowest BCUT2D eigenvalue weighted by atomic mass is 10.3. The van der Waals surface area contributed by atoms with Crippen LogP contribution < -0.4 is 11.1 Å². The average Bonchev–Trinajstić information content (AvgIpc) is 2.19. The van der Waals surface area contributed by atoms with Crippen LogP contribution in [0.4, 0.5) is 5.69 Å². The third-order valence-corrected chi connectivity index (χ3v) is 1.83. The van der Waals surface area contributed by atoms with Gasteiger partial charge in [-0.15, -0.1) is 0 Å². The van der Waals surface area contributed by atoms with Crippen molar-refractivity contribution >= 4 is 5.69 Å². The Hall–Kier alpha value is -1.16. The fourth-order valence-electron chi connectivity index (χ4n) is 1.11. The van der Waals surface area contributed by atoms with Crippen LogP contribution in [0, 0.1) is 0 Å². The van der Waals surface area contributed by atoms with Crippen LogP contribution in [0.5, 0.6) is 0 Å². The van der Waals surface area contributed by atoms with Crippen LogP contribution >= 0.6 is 0 Å². The van der Waals surface area contributed by atoms with Gasteiger partial charge in [-0.3, -0.25) is 0 Å². The van der Waals surface area contributed by atoms with Crippen molar-refractivity contribution in [3.8, 4) is 0 Å². The van der Waals surface area contributed by atoms with Crippen molar-refractivity contribution in [2.75, 3.05) is 18.4 Å². The summed E-state index contributed by atoms with van der Waals surface area (Å²) in [5.74, 6) is 0. The summed E-state index contributed by atoms with van der Waals surface area (Å²) in [6.45, 7) is 3.68. The van der Waals surface area contributed by atoms with Gasteiger partial charge in [0.25, 0.3) is 0 Å². The zero-order chi connectivity index (χ0) is 9.52. The maximum Gasteiger partial charge on any atom is 0.115 e. The van der Waals surface area contributed by atoms with Crippen molar-refractivity contribution in [3.63, 3.8) is 0 Å². The van der Waals surface area contributed by atoms with E-state index in [1.165, 1.54) is 0 Å². The molecule has 1 rings (SSSR count). The molecule has 72 valence electrons. The maximum absolute atomic E-state index is 5.39. The number of nitrogens with zero attached hydrogens (tertiary/aromatic N) is 2. The monoisotopic (exact) mass is 180 g/mol. The van der Waals surface area contributed by atoms with Gasteiger partial charge < -0.3 is 11.1 Å². The second-order valence-electron chi connectivity index (χ2n) is 2.81. The van der Waals surface area contributed by atoms with Crippen LogP contribution in [0.15, 0.2) is 12.5 Å². The molecule has 0 aliphatic carbocycles. The molecule has 0 atom stereocenters. The molecular weight excluding hydrogens is 164 g/mol. The van der Waals surface area contributed by atoms with Gasteiger partial charge in [-0.05, 0) is 19.4 Å². The Kier molecular flexibility index (Phi) is 4.18. The predicted molar refractivity (Wildman–Crippen MR) is 53.6 cm³/mol. The lowest BCUT2D eigenvalue weighted by Crippen LogP contribution is -2.10. The van der Waals surface area contributed by atoms with E-state index in [0.717, 1.165) is 30.8 Å². The van der Waals surface area contributed by atoms with Crippen molar-refractivity contribution in [1.29, 1.82) is 0 Å². The normalized spacial score (nSPS) is 10.0. The minimum absolute atomic E-state index is 0.710. The first kappa shape index (κ1) is 9.92. The molecule has 1 aromatic heterocycles. The fraction of sp³-hybridized carbons (Fsp3) is 0.556. The summed E-state index contributed by atoms with van der Waals surface area (Å²) in [7, 11) is 0. The van der Waals surface area contributed by atoms with Crippen LogP contribution in [0.1, 0.15) is 19.0 Å². The molecule has 0 aliphatic rings. The van der Waals surface area contributed by atoms with Crippen molar-refractivity contribution in [3.05, 3.63) is 18.2 Å². The molecule has 1 aromatic rings. The number of hydrogen-bond donors (Lipinski definition) is 2. The lowest BCUT2D eigenvalue weighted by molar-refractivity contribution is 0.867. The number of hydrogen-bond acceptors (Lipinski definition) is 4. The van der Waals surface area contributed by atoms with E-state index in [0.29, 0.717) is 6.54 Å². The minimum Gasteiger partial charge on any atom is -0.382 e. The number of nitrogens with two attached hydrogens (primary N) is 1. The summed E-state index contributed by atoms with van der Waals surface area (Å²) in [4.78, 5) is 8.14. The van der Waals surface area contributed by atoms with Gasteiger partial charge in [0.05, 0.1) is 17.6 Å². The Morgan fingerprint density at radius 1 is 1.54 bits per heavy atom. The molecule has 0 amide bonds. The summed E-state index contributed by atoms with van der Waals surface area (Å²) in [5, 5.41) is 3.26. The summed E-state index contributed by atoms with van der Waals surface area (Å²) >= 11 is 0. The topological polar surface area (TPSA) is 63.8 Å². The van der Waals surface area contributed by atoms with Crippen LogP contribution in [0.25, 0.3) is 0 Å². The van der Waals surface area contributed by atoms with Crippen LogP contribution in [0.2, 0.25) is 0 Å². The number of rotatable bonds is 5. The summed E-state index contributed by atoms with van der Waals surface area (Å²) in [6.07, 6.45) is 5.28. The van der Waals surface area contributed by atoms with Gasteiger partial charge in [0, 0.05) is 6.54 Å². The highest BCUT2D eigenvalue weighted by atomic mass is 14.9. The molecule has 0 fully saturated rings. The van der Waals surface area contributed by atoms with E-state index in [2.05, 4.69) is 22.2 Å². The van der Waals surface area contributed by atoms with E-state index in [1.807, 2.05) is 6.20 Å². The lowest BCUT2D eigenvalue weighted by Gasteiger charge is -2.07. The van der Waals surface area contributed by atoms with Gasteiger partial charge >= 0.3 is 0 Å². The predicted octanol–water partition coefficient (Wildman–Crippen LogP) is 0.800. The molecule has 0 spiro atoms. The van der Waals surface area contributed by atoms with Gasteiger partial charge in [0.15, 0.2) is 0 Å². The molecule has 4 nitrogen and oxygen atoms in total. The first-order valence-corrected chi connectivity index (χ1v) is 4.61. The van der Waals surface area contributed by atoms with Gasteiger partial charge in [-0.25, -0.2) is 9.97 Å². The highest BCUT2D eigenvalue weighted by molar-refractivity contribution is 5.45. The summed E-state index contributed by atoms with van der Waals surface area (Å²) in [5.41, 5.74) is 7.48. The van der Waals surface area contributed by atoms with E-state index < -0.39 is 0 Å². The maximum atomic E-state index is 5.39. The molecule has 3 N–H and O–H groups in total. The second kappa shape index (κ2) is 5.48. The molecule has 4 heteroatoms. The molecule has 13 heavy (non-hydrogen) atoms. The number of aryl methyl sites for hydroxylation is 1. The largest absolute Gasteiger partial charge is 0.382 e. The van der Waals surface area contributed by atoms with E-state index in [4.69, 9.17) is 5.73 Å². The van der Waals surface area contributed by atoms with Gasteiger partial charge in [0.1, 0.15) is 6.33 Å². The molecule has 0 aliphatic heterocycles. The Morgan fingerprint density at radius 3 is 3.08 bits per heavy atom. The molecular formula is C9H16N4. The molecule has 0 bridgehead atoms. The zero-order valence-corrected chi connectivity index (χ0v) is 7.95. The van der Waals surface area contributed by atoms with Crippen LogP contribution in [0.3, 0.4) is 0 Å². The van der Waals surface area contributed by atoms with Crippen molar-refractivity contribution < 1.29 is 0 Å². The molecule has 0 saturated heterocycles. The number of nitrogens with one attached hydrogen (secondary N) is 1. The van der Waals surface area contributed by atoms with E-state index in [1.54, 1.807) is 6.33 Å². The summed E-state index contributed by atoms with van der Waals surface area (Å²) < 4.78 is 0. The number of aromatic nitrogens is 2. The van der Waals surface area contributed by atoms with Crippen molar-refractivity contribution in [1.82, 2.24) is 9.97 Å². The zero-order valence-electron chi connectivity index (χ0n) is 7.95. The number of anilines is 1. The van der Waals surface area contributed by atoms with Crippen molar-refractivity contribution in [2.45, 2.75) is 19.8 Å². The SMILES string of the molecule is CCc1ncncc1NCCCN. The average molecular weight is 180 g/mol. The molecule has 0 radical (unpaired) electrons. The third kappa shape index (κ3) is 2.99. The highest BCUT2D eigenvalue weighted by Crippen LogP contribution is 2.10. The van der Waals surface area contributed by atoms with E-state index >= 15 is 0 Å². The van der Waals surface area contributed by atoms with E-state index in [9.17, 15) is 0 Å². The van der Waals surface area contributed by atoms with Crippen LogP contribution in [-0.4, -0.2) is 23.1 Å². The van der Waals surface area contributed by atoms with Gasteiger partial charge in [-0.2, -0.15) is 0 Å².